The highest BCUT2D eigenvalue weighted by Gasteiger charge is 2.37. The topological polar surface area (TPSA) is 55.6 Å². The molecule has 0 atom stereocenters. The molecule has 2 saturated carbocycles. The largest absolute Gasteiger partial charge is 0.491 e. The molecular weight excluding hydrogens is 252 g/mol. The zero-order valence-corrected chi connectivity index (χ0v) is 12.0. The van der Waals surface area contributed by atoms with Gasteiger partial charge >= 0.3 is 0 Å². The molecule has 4 nitrogen and oxygen atoms in total. The molecule has 1 aromatic rings. The van der Waals surface area contributed by atoms with Crippen LogP contribution in [-0.2, 0) is 0 Å². The van der Waals surface area contributed by atoms with E-state index in [1.165, 1.54) is 12.8 Å². The van der Waals surface area contributed by atoms with Gasteiger partial charge in [0.1, 0.15) is 0 Å². The number of nitrogens with two attached hydrogens (primary N) is 1. The second-order valence-corrected chi connectivity index (χ2v) is 5.79. The Labute approximate surface area is 119 Å². The highest BCUT2D eigenvalue weighted by Crippen LogP contribution is 2.37. The molecule has 0 heterocycles. The van der Waals surface area contributed by atoms with E-state index in [1.807, 2.05) is 24.0 Å². The summed E-state index contributed by atoms with van der Waals surface area (Å²) in [5.74, 6) is 1.33. The maximum absolute atomic E-state index is 12.8. The molecule has 0 spiro atoms. The van der Waals surface area contributed by atoms with Crippen LogP contribution >= 0.6 is 0 Å². The maximum Gasteiger partial charge on any atom is 0.257 e. The molecule has 0 unspecified atom stereocenters. The van der Waals surface area contributed by atoms with Gasteiger partial charge in [-0.25, -0.2) is 0 Å². The van der Waals surface area contributed by atoms with Crippen LogP contribution in [0.2, 0.25) is 0 Å². The lowest BCUT2D eigenvalue weighted by Crippen LogP contribution is -2.35. The molecular formula is C16H22N2O2. The predicted molar refractivity (Wildman–Crippen MR) is 78.8 cm³/mol. The number of nitrogens with zero attached hydrogens (tertiary/aromatic N) is 1. The number of benzene rings is 1. The molecule has 3 rings (SSSR count). The number of anilines is 1. The quantitative estimate of drug-likeness (QED) is 0.811. The minimum atomic E-state index is 0.0788. The van der Waals surface area contributed by atoms with E-state index in [-0.39, 0.29) is 5.91 Å². The fraction of sp³-hybridized carbons (Fsp3) is 0.562. The first-order valence-corrected chi connectivity index (χ1v) is 7.53. The number of rotatable bonds is 6. The van der Waals surface area contributed by atoms with E-state index in [0.29, 0.717) is 35.6 Å². The highest BCUT2D eigenvalue weighted by atomic mass is 16.5. The Kier molecular flexibility index (Phi) is 3.55. The summed E-state index contributed by atoms with van der Waals surface area (Å²) in [6.45, 7) is 3.31. The molecule has 2 aliphatic rings. The zero-order chi connectivity index (χ0) is 14.1. The van der Waals surface area contributed by atoms with E-state index in [9.17, 15) is 4.79 Å². The van der Waals surface area contributed by atoms with E-state index in [0.717, 1.165) is 19.4 Å². The molecule has 2 N–H and O–H groups in total. The number of ether oxygens (including phenoxy) is 1. The van der Waals surface area contributed by atoms with Crippen LogP contribution in [0.4, 0.5) is 5.69 Å². The molecule has 20 heavy (non-hydrogen) atoms. The first-order chi connectivity index (χ1) is 9.70. The number of hydrogen-bond donors (Lipinski definition) is 1. The van der Waals surface area contributed by atoms with E-state index < -0.39 is 0 Å². The van der Waals surface area contributed by atoms with Crippen molar-refractivity contribution in [3.63, 3.8) is 0 Å². The summed E-state index contributed by atoms with van der Waals surface area (Å²) in [4.78, 5) is 14.9. The molecule has 2 fully saturated rings. The van der Waals surface area contributed by atoms with E-state index in [2.05, 4.69) is 0 Å². The summed E-state index contributed by atoms with van der Waals surface area (Å²) in [7, 11) is 0. The van der Waals surface area contributed by atoms with E-state index >= 15 is 0 Å². The van der Waals surface area contributed by atoms with Gasteiger partial charge in [-0.3, -0.25) is 4.79 Å². The van der Waals surface area contributed by atoms with Gasteiger partial charge in [0.05, 0.1) is 17.9 Å². The molecule has 108 valence electrons. The standard InChI is InChI=1S/C16H22N2O2/c1-2-20-15-13(4-3-5-14(15)17)16(19)18(12-8-9-12)10-11-6-7-11/h3-5,11-12H,2,6-10,17H2,1H3. The van der Waals surface area contributed by atoms with Crippen molar-refractivity contribution >= 4 is 11.6 Å². The van der Waals surface area contributed by atoms with E-state index in [4.69, 9.17) is 10.5 Å². The molecule has 0 bridgehead atoms. The van der Waals surface area contributed by atoms with Gasteiger partial charge in [-0.15, -0.1) is 0 Å². The molecule has 4 heteroatoms. The minimum absolute atomic E-state index is 0.0788. The summed E-state index contributed by atoms with van der Waals surface area (Å²) in [6, 6.07) is 5.86. The van der Waals surface area contributed by atoms with Gasteiger partial charge in [-0.2, -0.15) is 0 Å². The molecule has 0 radical (unpaired) electrons. The van der Waals surface area contributed by atoms with Crippen LogP contribution in [0, 0.1) is 5.92 Å². The van der Waals surface area contributed by atoms with Crippen molar-refractivity contribution in [2.75, 3.05) is 18.9 Å². The number of carbonyl (C=O) groups excluding carboxylic acids is 1. The van der Waals surface area contributed by atoms with Crippen molar-refractivity contribution in [3.8, 4) is 5.75 Å². The van der Waals surface area contributed by atoms with Crippen LogP contribution in [0.1, 0.15) is 43.0 Å². The lowest BCUT2D eigenvalue weighted by Gasteiger charge is -2.24. The van der Waals surface area contributed by atoms with Crippen LogP contribution in [-0.4, -0.2) is 30.0 Å². The zero-order valence-electron chi connectivity index (χ0n) is 12.0. The smallest absolute Gasteiger partial charge is 0.257 e. The number of amides is 1. The summed E-state index contributed by atoms with van der Waals surface area (Å²) in [5, 5.41) is 0. The average Bonchev–Trinajstić information content (AvgIpc) is 3.30. The van der Waals surface area contributed by atoms with Crippen molar-refractivity contribution in [2.24, 2.45) is 5.92 Å². The van der Waals surface area contributed by atoms with Gasteiger partial charge in [-0.05, 0) is 50.7 Å². The Morgan fingerprint density at radius 1 is 1.35 bits per heavy atom. The van der Waals surface area contributed by atoms with Gasteiger partial charge in [0.25, 0.3) is 5.91 Å². The predicted octanol–water partition coefficient (Wildman–Crippen LogP) is 2.68. The maximum atomic E-state index is 12.8. The molecule has 0 saturated heterocycles. The SMILES string of the molecule is CCOc1c(N)cccc1C(=O)N(CC1CC1)C1CC1. The van der Waals surface area contributed by atoms with Crippen LogP contribution in [0.15, 0.2) is 18.2 Å². The number of carbonyl (C=O) groups is 1. The van der Waals surface area contributed by atoms with Gasteiger partial charge in [-0.1, -0.05) is 6.07 Å². The first kappa shape index (κ1) is 13.3. The fourth-order valence-electron chi connectivity index (χ4n) is 2.55. The van der Waals surface area contributed by atoms with E-state index in [1.54, 1.807) is 6.07 Å². The van der Waals surface area contributed by atoms with Crippen LogP contribution in [0.3, 0.4) is 0 Å². The Hall–Kier alpha value is -1.71. The average molecular weight is 274 g/mol. The van der Waals surface area contributed by atoms with Gasteiger partial charge < -0.3 is 15.4 Å². The third kappa shape index (κ3) is 2.74. The Morgan fingerprint density at radius 3 is 2.70 bits per heavy atom. The summed E-state index contributed by atoms with van der Waals surface area (Å²) in [5.41, 5.74) is 7.11. The Bertz CT molecular complexity index is 507. The Morgan fingerprint density at radius 2 is 2.10 bits per heavy atom. The third-order valence-electron chi connectivity index (χ3n) is 3.96. The van der Waals surface area contributed by atoms with Crippen molar-refractivity contribution in [3.05, 3.63) is 23.8 Å². The lowest BCUT2D eigenvalue weighted by molar-refractivity contribution is 0.0730. The normalized spacial score (nSPS) is 17.9. The van der Waals surface area contributed by atoms with Crippen molar-refractivity contribution < 1.29 is 9.53 Å². The molecule has 0 aliphatic heterocycles. The summed E-state index contributed by atoms with van der Waals surface area (Å²) >= 11 is 0. The first-order valence-electron chi connectivity index (χ1n) is 7.53. The van der Waals surface area contributed by atoms with Gasteiger partial charge in [0.2, 0.25) is 0 Å². The van der Waals surface area contributed by atoms with Crippen LogP contribution in [0.25, 0.3) is 0 Å². The number of para-hydroxylation sites is 1. The van der Waals surface area contributed by atoms with Crippen LogP contribution in [0.5, 0.6) is 5.75 Å². The van der Waals surface area contributed by atoms with Crippen molar-refractivity contribution in [1.29, 1.82) is 0 Å². The van der Waals surface area contributed by atoms with Crippen molar-refractivity contribution in [2.45, 2.75) is 38.6 Å². The van der Waals surface area contributed by atoms with Crippen molar-refractivity contribution in [1.82, 2.24) is 4.90 Å². The molecule has 1 amide bonds. The molecule has 0 aromatic heterocycles. The third-order valence-corrected chi connectivity index (χ3v) is 3.96. The second-order valence-electron chi connectivity index (χ2n) is 5.79. The van der Waals surface area contributed by atoms with Gasteiger partial charge in [0.15, 0.2) is 5.75 Å². The summed E-state index contributed by atoms with van der Waals surface area (Å²) in [6.07, 6.45) is 4.77. The monoisotopic (exact) mass is 274 g/mol. The molecule has 1 aromatic carbocycles. The summed E-state index contributed by atoms with van der Waals surface area (Å²) < 4.78 is 5.59. The lowest BCUT2D eigenvalue weighted by atomic mass is 10.1. The fourth-order valence-corrected chi connectivity index (χ4v) is 2.55. The second kappa shape index (κ2) is 5.35. The minimum Gasteiger partial charge on any atom is -0.491 e. The highest BCUT2D eigenvalue weighted by molar-refractivity contribution is 5.99. The number of nitrogen functional groups attached to an aromatic ring is 1. The number of hydrogen-bond acceptors (Lipinski definition) is 3. The van der Waals surface area contributed by atoms with Gasteiger partial charge in [0, 0.05) is 12.6 Å². The van der Waals surface area contributed by atoms with Crippen LogP contribution < -0.4 is 10.5 Å². The Balaban J connectivity index is 1.85. The molecule has 2 aliphatic carbocycles.